The summed E-state index contributed by atoms with van der Waals surface area (Å²) in [5.41, 5.74) is -5.25. The van der Waals surface area contributed by atoms with Crippen molar-refractivity contribution in [2.75, 3.05) is 6.61 Å². The van der Waals surface area contributed by atoms with Gasteiger partial charge in [-0.15, -0.1) is 0 Å². The summed E-state index contributed by atoms with van der Waals surface area (Å²) in [6.45, 7) is 2.21. The van der Waals surface area contributed by atoms with Gasteiger partial charge in [0.15, 0.2) is 0 Å². The molecule has 0 radical (unpaired) electrons. The van der Waals surface area contributed by atoms with Crippen LogP contribution in [0.25, 0.3) is 0 Å². The first-order chi connectivity index (χ1) is 9.00. The van der Waals surface area contributed by atoms with Gasteiger partial charge in [-0.25, -0.2) is 4.79 Å². The summed E-state index contributed by atoms with van der Waals surface area (Å²) in [7, 11) is 0. The molecule has 112 valence electrons. The van der Waals surface area contributed by atoms with Crippen LogP contribution in [0, 0.1) is 6.92 Å². The van der Waals surface area contributed by atoms with Crippen molar-refractivity contribution in [1.29, 1.82) is 0 Å². The average molecular weight is 300 g/mol. The summed E-state index contributed by atoms with van der Waals surface area (Å²) < 4.78 is 81.2. The minimum Gasteiger partial charge on any atom is -0.462 e. The molecule has 0 bridgehead atoms. The van der Waals surface area contributed by atoms with Crippen molar-refractivity contribution in [3.63, 3.8) is 0 Å². The minimum atomic E-state index is -5.32. The fourth-order valence-electron chi connectivity index (χ4n) is 1.70. The smallest absolute Gasteiger partial charge is 0.417 e. The van der Waals surface area contributed by atoms with E-state index in [1.807, 2.05) is 0 Å². The lowest BCUT2D eigenvalue weighted by Crippen LogP contribution is -2.23. The molecule has 8 heteroatoms. The van der Waals surface area contributed by atoms with Gasteiger partial charge in [-0.1, -0.05) is 6.07 Å². The molecule has 0 aliphatic carbocycles. The Hall–Kier alpha value is -1.73. The van der Waals surface area contributed by atoms with E-state index in [4.69, 9.17) is 0 Å². The second kappa shape index (κ2) is 5.34. The average Bonchev–Trinajstić information content (AvgIpc) is 2.25. The molecule has 0 aromatic heterocycles. The Morgan fingerprint density at radius 1 is 1.10 bits per heavy atom. The molecule has 0 amide bonds. The molecule has 0 fully saturated rings. The van der Waals surface area contributed by atoms with E-state index in [1.54, 1.807) is 0 Å². The molecular weight excluding hydrogens is 290 g/mol. The maximum absolute atomic E-state index is 12.9. The highest BCUT2D eigenvalue weighted by molar-refractivity contribution is 5.93. The summed E-state index contributed by atoms with van der Waals surface area (Å²) >= 11 is 0. The lowest BCUT2D eigenvalue weighted by atomic mass is 9.95. The van der Waals surface area contributed by atoms with E-state index in [-0.39, 0.29) is 12.2 Å². The van der Waals surface area contributed by atoms with Gasteiger partial charge < -0.3 is 4.74 Å². The van der Waals surface area contributed by atoms with Crippen LogP contribution in [0.1, 0.15) is 34.0 Å². The number of hydrogen-bond donors (Lipinski definition) is 0. The number of hydrogen-bond acceptors (Lipinski definition) is 2. The van der Waals surface area contributed by atoms with Gasteiger partial charge in [-0.05, 0) is 25.5 Å². The molecule has 0 aliphatic heterocycles. The van der Waals surface area contributed by atoms with Crippen molar-refractivity contribution < 1.29 is 35.9 Å². The molecule has 0 saturated heterocycles. The maximum atomic E-state index is 12.9. The third kappa shape index (κ3) is 3.23. The molecule has 0 atom stereocenters. The molecule has 0 N–H and O–H groups in total. The number of carbonyl (C=O) groups excluding carboxylic acids is 1. The second-order valence-electron chi connectivity index (χ2n) is 3.90. The van der Waals surface area contributed by atoms with Gasteiger partial charge in [0.1, 0.15) is 0 Å². The van der Waals surface area contributed by atoms with E-state index in [2.05, 4.69) is 4.74 Å². The fourth-order valence-corrected chi connectivity index (χ4v) is 1.70. The summed E-state index contributed by atoms with van der Waals surface area (Å²) in [6, 6.07) is 1.12. The number of benzene rings is 1. The van der Waals surface area contributed by atoms with Gasteiger partial charge in [0.25, 0.3) is 0 Å². The second-order valence-corrected chi connectivity index (χ2v) is 3.90. The minimum absolute atomic E-state index is 0.233. The molecule has 0 aliphatic rings. The van der Waals surface area contributed by atoms with Crippen LogP contribution >= 0.6 is 0 Å². The van der Waals surface area contributed by atoms with Crippen LogP contribution in [0.2, 0.25) is 0 Å². The van der Waals surface area contributed by atoms with Gasteiger partial charge >= 0.3 is 18.3 Å². The maximum Gasteiger partial charge on any atom is 0.417 e. The number of ether oxygens (including phenoxy) is 1. The monoisotopic (exact) mass is 300 g/mol. The van der Waals surface area contributed by atoms with Crippen molar-refractivity contribution in [2.45, 2.75) is 26.2 Å². The lowest BCUT2D eigenvalue weighted by molar-refractivity contribution is -0.162. The Morgan fingerprint density at radius 3 is 2.05 bits per heavy atom. The van der Waals surface area contributed by atoms with Gasteiger partial charge in [-0.3, -0.25) is 0 Å². The Kier molecular flexibility index (Phi) is 4.36. The number of alkyl halides is 6. The van der Waals surface area contributed by atoms with Crippen molar-refractivity contribution in [3.05, 3.63) is 34.4 Å². The highest BCUT2D eigenvalue weighted by Gasteiger charge is 2.46. The SMILES string of the molecule is CCOC(=O)c1c(C)ccc(C(F)(F)F)c1C(F)(F)F. The number of carbonyl (C=O) groups is 1. The van der Waals surface area contributed by atoms with Crippen molar-refractivity contribution in [1.82, 2.24) is 0 Å². The molecule has 0 saturated carbocycles. The molecular formula is C12H10F6O2. The highest BCUT2D eigenvalue weighted by Crippen LogP contribution is 2.43. The van der Waals surface area contributed by atoms with Crippen LogP contribution in [0.3, 0.4) is 0 Å². The van der Waals surface area contributed by atoms with Gasteiger partial charge in [0, 0.05) is 0 Å². The van der Waals surface area contributed by atoms with Gasteiger partial charge in [0.05, 0.1) is 23.3 Å². The van der Waals surface area contributed by atoms with E-state index in [9.17, 15) is 31.1 Å². The predicted octanol–water partition coefficient (Wildman–Crippen LogP) is 4.21. The molecule has 1 aromatic rings. The van der Waals surface area contributed by atoms with E-state index in [1.165, 1.54) is 6.92 Å². The normalized spacial score (nSPS) is 12.4. The van der Waals surface area contributed by atoms with Crippen molar-refractivity contribution in [2.24, 2.45) is 0 Å². The van der Waals surface area contributed by atoms with E-state index in [0.29, 0.717) is 6.07 Å². The molecule has 0 unspecified atom stereocenters. The summed E-state index contributed by atoms with van der Waals surface area (Å²) in [5, 5.41) is 0. The Labute approximate surface area is 110 Å². The summed E-state index contributed by atoms with van der Waals surface area (Å²) in [4.78, 5) is 11.5. The highest BCUT2D eigenvalue weighted by atomic mass is 19.4. The van der Waals surface area contributed by atoms with E-state index >= 15 is 0 Å². The van der Waals surface area contributed by atoms with Gasteiger partial charge in [-0.2, -0.15) is 26.3 Å². The Bertz CT molecular complexity index is 516. The van der Waals surface area contributed by atoms with Crippen LogP contribution in [0.15, 0.2) is 12.1 Å². The van der Waals surface area contributed by atoms with Gasteiger partial charge in [0.2, 0.25) is 0 Å². The standard InChI is InChI=1S/C12H10F6O2/c1-3-20-10(19)8-6(2)4-5-7(11(13,14)15)9(8)12(16,17)18/h4-5H,3H2,1-2H3. The largest absolute Gasteiger partial charge is 0.462 e. The van der Waals surface area contributed by atoms with E-state index < -0.39 is 35.0 Å². The van der Waals surface area contributed by atoms with E-state index in [0.717, 1.165) is 13.0 Å². The molecule has 0 heterocycles. The molecule has 0 spiro atoms. The van der Waals surface area contributed by atoms with Crippen LogP contribution in [0.5, 0.6) is 0 Å². The topological polar surface area (TPSA) is 26.3 Å². The van der Waals surface area contributed by atoms with Crippen LogP contribution < -0.4 is 0 Å². The van der Waals surface area contributed by atoms with Crippen molar-refractivity contribution >= 4 is 5.97 Å². The number of esters is 1. The number of halogens is 6. The predicted molar refractivity (Wildman–Crippen MR) is 57.1 cm³/mol. The molecule has 20 heavy (non-hydrogen) atoms. The first-order valence-corrected chi connectivity index (χ1v) is 5.45. The Morgan fingerprint density at radius 2 is 1.65 bits per heavy atom. The van der Waals surface area contributed by atoms with Crippen LogP contribution in [-0.4, -0.2) is 12.6 Å². The lowest BCUT2D eigenvalue weighted by Gasteiger charge is -2.19. The van der Waals surface area contributed by atoms with Crippen LogP contribution in [-0.2, 0) is 17.1 Å². The first kappa shape index (κ1) is 16.3. The van der Waals surface area contributed by atoms with Crippen LogP contribution in [0.4, 0.5) is 26.3 Å². The van der Waals surface area contributed by atoms with Crippen molar-refractivity contribution in [3.8, 4) is 0 Å². The summed E-state index contributed by atoms with van der Waals surface area (Å²) in [6.07, 6.45) is -10.5. The Balaban J connectivity index is 3.69. The third-order valence-corrected chi connectivity index (χ3v) is 2.48. The fraction of sp³-hybridized carbons (Fsp3) is 0.417. The zero-order chi connectivity index (χ0) is 15.7. The molecule has 1 rings (SSSR count). The third-order valence-electron chi connectivity index (χ3n) is 2.48. The quantitative estimate of drug-likeness (QED) is 0.604. The molecule has 1 aromatic carbocycles. The summed E-state index contributed by atoms with van der Waals surface area (Å²) in [5.74, 6) is -1.43. The zero-order valence-corrected chi connectivity index (χ0v) is 10.4. The zero-order valence-electron chi connectivity index (χ0n) is 10.4. The number of aryl methyl sites for hydroxylation is 1. The first-order valence-electron chi connectivity index (χ1n) is 5.45. The molecule has 2 nitrogen and oxygen atoms in total. The number of rotatable bonds is 2.